The molecule has 0 bridgehead atoms. The Morgan fingerprint density at radius 3 is 2.29 bits per heavy atom. The van der Waals surface area contributed by atoms with Gasteiger partial charge >= 0.3 is 5.97 Å². The van der Waals surface area contributed by atoms with Crippen LogP contribution >= 0.6 is 0 Å². The lowest BCUT2D eigenvalue weighted by Gasteiger charge is -2.04. The molecule has 120 valence electrons. The molecular weight excluding hydrogens is 304 g/mol. The van der Waals surface area contributed by atoms with Gasteiger partial charge < -0.3 is 15.3 Å². The van der Waals surface area contributed by atoms with Gasteiger partial charge in [-0.05, 0) is 47.2 Å². The van der Waals surface area contributed by atoms with Crippen LogP contribution < -0.4 is 10.5 Å². The first kappa shape index (κ1) is 15.6. The maximum Gasteiger partial charge on any atom is 0.365 e. The minimum atomic E-state index is -0.558. The first-order chi connectivity index (χ1) is 11.7. The smallest absolute Gasteiger partial charge is 0.365 e. The molecule has 5 heteroatoms. The number of hydrogen-bond donors (Lipinski definition) is 1. The number of nitrogens with zero attached hydrogens (tertiary/aromatic N) is 1. The van der Waals surface area contributed by atoms with Gasteiger partial charge in [-0.25, -0.2) is 4.79 Å². The van der Waals surface area contributed by atoms with E-state index in [2.05, 4.69) is 5.16 Å². The molecule has 24 heavy (non-hydrogen) atoms. The van der Waals surface area contributed by atoms with Crippen molar-refractivity contribution >= 4 is 22.6 Å². The van der Waals surface area contributed by atoms with E-state index in [9.17, 15) is 4.79 Å². The first-order valence-electron chi connectivity index (χ1n) is 7.35. The van der Waals surface area contributed by atoms with Gasteiger partial charge in [-0.15, -0.1) is 0 Å². The standard InChI is InChI=1S/C19H16N2O3/c1-23-17-10-8-14(9-11-17)18(20)21-24-19(22)16-7-6-13-4-2-3-5-15(13)12-16/h2-12H,1H3,(H2,20,21). The third-order valence-corrected chi connectivity index (χ3v) is 3.60. The second-order valence-electron chi connectivity index (χ2n) is 5.15. The van der Waals surface area contributed by atoms with Gasteiger partial charge in [-0.2, -0.15) is 0 Å². The molecule has 0 saturated carbocycles. The van der Waals surface area contributed by atoms with Crippen LogP contribution in [0.25, 0.3) is 10.8 Å². The lowest BCUT2D eigenvalue weighted by atomic mass is 10.1. The zero-order valence-electron chi connectivity index (χ0n) is 13.1. The minimum Gasteiger partial charge on any atom is -0.497 e. The molecule has 0 saturated heterocycles. The molecule has 3 aromatic carbocycles. The molecule has 0 aliphatic rings. The van der Waals surface area contributed by atoms with Crippen LogP contribution in [0, 0.1) is 0 Å². The molecule has 0 aliphatic heterocycles. The summed E-state index contributed by atoms with van der Waals surface area (Å²) in [5.74, 6) is 0.267. The number of fused-ring (bicyclic) bond motifs is 1. The highest BCUT2D eigenvalue weighted by molar-refractivity contribution is 5.99. The predicted octanol–water partition coefficient (Wildman–Crippen LogP) is 3.33. The van der Waals surface area contributed by atoms with E-state index in [0.29, 0.717) is 16.9 Å². The summed E-state index contributed by atoms with van der Waals surface area (Å²) in [5.41, 5.74) is 6.89. The van der Waals surface area contributed by atoms with Crippen molar-refractivity contribution in [3.63, 3.8) is 0 Å². The average Bonchev–Trinajstić information content (AvgIpc) is 2.65. The molecule has 3 aromatic rings. The molecule has 0 aromatic heterocycles. The summed E-state index contributed by atoms with van der Waals surface area (Å²) >= 11 is 0. The first-order valence-corrected chi connectivity index (χ1v) is 7.35. The molecule has 0 fully saturated rings. The van der Waals surface area contributed by atoms with Gasteiger partial charge in [-0.1, -0.05) is 35.5 Å². The van der Waals surface area contributed by atoms with E-state index in [0.717, 1.165) is 10.8 Å². The number of methoxy groups -OCH3 is 1. The maximum atomic E-state index is 12.1. The number of nitrogens with two attached hydrogens (primary N) is 1. The Labute approximate surface area is 139 Å². The van der Waals surface area contributed by atoms with Gasteiger partial charge in [0, 0.05) is 5.56 Å². The molecule has 0 spiro atoms. The lowest BCUT2D eigenvalue weighted by molar-refractivity contribution is 0.0516. The second kappa shape index (κ2) is 6.83. The quantitative estimate of drug-likeness (QED) is 0.346. The summed E-state index contributed by atoms with van der Waals surface area (Å²) < 4.78 is 5.07. The molecule has 3 rings (SSSR count). The van der Waals surface area contributed by atoms with E-state index >= 15 is 0 Å². The number of amidine groups is 1. The van der Waals surface area contributed by atoms with Gasteiger partial charge in [-0.3, -0.25) is 0 Å². The fourth-order valence-electron chi connectivity index (χ4n) is 2.27. The highest BCUT2D eigenvalue weighted by atomic mass is 16.7. The molecule has 2 N–H and O–H groups in total. The van der Waals surface area contributed by atoms with Gasteiger partial charge in [0.05, 0.1) is 12.7 Å². The second-order valence-corrected chi connectivity index (χ2v) is 5.15. The molecule has 5 nitrogen and oxygen atoms in total. The van der Waals surface area contributed by atoms with E-state index in [-0.39, 0.29) is 5.84 Å². The van der Waals surface area contributed by atoms with Crippen molar-refractivity contribution in [1.29, 1.82) is 0 Å². The predicted molar refractivity (Wildman–Crippen MR) is 93.1 cm³/mol. The average molecular weight is 320 g/mol. The van der Waals surface area contributed by atoms with E-state index in [4.69, 9.17) is 15.3 Å². The van der Waals surface area contributed by atoms with Crippen LogP contribution in [0.15, 0.2) is 71.9 Å². The summed E-state index contributed by atoms with van der Waals surface area (Å²) in [6.07, 6.45) is 0. The lowest BCUT2D eigenvalue weighted by Crippen LogP contribution is -2.15. The van der Waals surface area contributed by atoms with Crippen LogP contribution in [-0.4, -0.2) is 18.9 Å². The van der Waals surface area contributed by atoms with Gasteiger partial charge in [0.1, 0.15) is 5.75 Å². The van der Waals surface area contributed by atoms with E-state index in [1.807, 2.05) is 30.3 Å². The van der Waals surface area contributed by atoms with Crippen molar-refractivity contribution in [2.75, 3.05) is 7.11 Å². The molecule has 0 aliphatic carbocycles. The molecule has 0 unspecified atom stereocenters. The van der Waals surface area contributed by atoms with E-state index in [1.165, 1.54) is 0 Å². The van der Waals surface area contributed by atoms with Crippen molar-refractivity contribution < 1.29 is 14.4 Å². The summed E-state index contributed by atoms with van der Waals surface area (Å²) in [5, 5.41) is 5.72. The highest BCUT2D eigenvalue weighted by Crippen LogP contribution is 2.16. The molecule has 0 atom stereocenters. The molecular formula is C19H16N2O3. The third-order valence-electron chi connectivity index (χ3n) is 3.60. The molecule has 0 amide bonds. The molecule has 0 heterocycles. The fourth-order valence-corrected chi connectivity index (χ4v) is 2.27. The Bertz CT molecular complexity index is 902. The summed E-state index contributed by atoms with van der Waals surface area (Å²) in [4.78, 5) is 17.1. The maximum absolute atomic E-state index is 12.1. The van der Waals surface area contributed by atoms with Crippen molar-refractivity contribution in [2.45, 2.75) is 0 Å². The summed E-state index contributed by atoms with van der Waals surface area (Å²) in [6.45, 7) is 0. The number of hydrogen-bond acceptors (Lipinski definition) is 4. The Morgan fingerprint density at radius 1 is 0.917 bits per heavy atom. The number of rotatable bonds is 4. The Balaban J connectivity index is 1.74. The molecule has 0 radical (unpaired) electrons. The van der Waals surface area contributed by atoms with Crippen LogP contribution in [0.1, 0.15) is 15.9 Å². The largest absolute Gasteiger partial charge is 0.497 e. The third kappa shape index (κ3) is 3.35. The number of carbonyl (C=O) groups excluding carboxylic acids is 1. The summed E-state index contributed by atoms with van der Waals surface area (Å²) in [7, 11) is 1.58. The number of oxime groups is 1. The van der Waals surface area contributed by atoms with Gasteiger partial charge in [0.2, 0.25) is 0 Å². The normalized spacial score (nSPS) is 11.3. The van der Waals surface area contributed by atoms with Gasteiger partial charge in [0.25, 0.3) is 0 Å². The fraction of sp³-hybridized carbons (Fsp3) is 0.0526. The van der Waals surface area contributed by atoms with E-state index in [1.54, 1.807) is 43.5 Å². The van der Waals surface area contributed by atoms with Crippen molar-refractivity contribution in [1.82, 2.24) is 0 Å². The zero-order valence-corrected chi connectivity index (χ0v) is 13.1. The highest BCUT2D eigenvalue weighted by Gasteiger charge is 2.09. The Hall–Kier alpha value is -3.34. The van der Waals surface area contributed by atoms with Crippen molar-refractivity contribution in [3.8, 4) is 5.75 Å². The zero-order chi connectivity index (χ0) is 16.9. The van der Waals surface area contributed by atoms with Crippen LogP contribution in [0.4, 0.5) is 0 Å². The number of ether oxygens (including phenoxy) is 1. The van der Waals surface area contributed by atoms with Crippen molar-refractivity contribution in [2.24, 2.45) is 10.9 Å². The Kier molecular flexibility index (Phi) is 4.43. The number of carbonyl (C=O) groups is 1. The Morgan fingerprint density at radius 2 is 1.58 bits per heavy atom. The number of benzene rings is 3. The van der Waals surface area contributed by atoms with Crippen molar-refractivity contribution in [3.05, 3.63) is 77.9 Å². The summed E-state index contributed by atoms with van der Waals surface area (Å²) in [6, 6.07) is 20.1. The van der Waals surface area contributed by atoms with Crippen LogP contribution in [-0.2, 0) is 4.84 Å². The van der Waals surface area contributed by atoms with Gasteiger partial charge in [0.15, 0.2) is 5.84 Å². The van der Waals surface area contributed by atoms with E-state index < -0.39 is 5.97 Å². The van der Waals surface area contributed by atoms with Crippen LogP contribution in [0.2, 0.25) is 0 Å². The van der Waals surface area contributed by atoms with Crippen LogP contribution in [0.5, 0.6) is 5.75 Å². The van der Waals surface area contributed by atoms with Crippen LogP contribution in [0.3, 0.4) is 0 Å². The minimum absolute atomic E-state index is 0.117. The SMILES string of the molecule is COc1ccc(C(N)=NOC(=O)c2ccc3ccccc3c2)cc1. The topological polar surface area (TPSA) is 73.9 Å². The monoisotopic (exact) mass is 320 g/mol.